The summed E-state index contributed by atoms with van der Waals surface area (Å²) in [6.45, 7) is 5.05. The van der Waals surface area contributed by atoms with E-state index in [-0.39, 0.29) is 16.5 Å². The van der Waals surface area contributed by atoms with Gasteiger partial charge in [0, 0.05) is 13.1 Å². The molecule has 8 heteroatoms. The van der Waals surface area contributed by atoms with Crippen molar-refractivity contribution < 1.29 is 22.7 Å². The minimum atomic E-state index is -3.86. The molecule has 150 valence electrons. The number of para-hydroxylation sites is 1. The Bertz CT molecular complexity index is 942. The van der Waals surface area contributed by atoms with Crippen LogP contribution >= 0.6 is 0 Å². The molecule has 0 saturated carbocycles. The van der Waals surface area contributed by atoms with Crippen LogP contribution in [0, 0.1) is 0 Å². The van der Waals surface area contributed by atoms with Crippen LogP contribution in [0.5, 0.6) is 0 Å². The van der Waals surface area contributed by atoms with E-state index in [0.29, 0.717) is 5.69 Å². The Kier molecular flexibility index (Phi) is 6.80. The van der Waals surface area contributed by atoms with E-state index >= 15 is 0 Å². The van der Waals surface area contributed by atoms with Crippen LogP contribution in [0.15, 0.2) is 59.5 Å². The normalized spacial score (nSPS) is 12.3. The quantitative estimate of drug-likeness (QED) is 0.716. The average Bonchev–Trinajstić information content (AvgIpc) is 2.67. The van der Waals surface area contributed by atoms with Gasteiger partial charge in [0.05, 0.1) is 16.1 Å². The van der Waals surface area contributed by atoms with Gasteiger partial charge in [-0.25, -0.2) is 13.2 Å². The number of sulfonamides is 1. The molecule has 1 amide bonds. The second kappa shape index (κ2) is 8.88. The lowest BCUT2D eigenvalue weighted by atomic mass is 10.2. The van der Waals surface area contributed by atoms with Crippen LogP contribution in [-0.2, 0) is 19.6 Å². The lowest BCUT2D eigenvalue weighted by molar-refractivity contribution is -0.129. The molecule has 2 aromatic rings. The van der Waals surface area contributed by atoms with Crippen molar-refractivity contribution in [1.82, 2.24) is 5.32 Å². The van der Waals surface area contributed by atoms with Gasteiger partial charge in [0.25, 0.3) is 15.9 Å². The summed E-state index contributed by atoms with van der Waals surface area (Å²) in [5.41, 5.74) is 0.543. The third-order valence-electron chi connectivity index (χ3n) is 3.93. The smallest absolute Gasteiger partial charge is 0.338 e. The van der Waals surface area contributed by atoms with E-state index in [1.54, 1.807) is 44.2 Å². The van der Waals surface area contributed by atoms with Gasteiger partial charge in [-0.2, -0.15) is 0 Å². The number of anilines is 1. The minimum absolute atomic E-state index is 0.0479. The topological polar surface area (TPSA) is 92.8 Å². The van der Waals surface area contributed by atoms with Gasteiger partial charge in [-0.1, -0.05) is 24.3 Å². The maximum atomic E-state index is 12.9. The number of carbonyl (C=O) groups is 2. The van der Waals surface area contributed by atoms with Crippen molar-refractivity contribution in [3.8, 4) is 0 Å². The molecule has 0 bridgehead atoms. The van der Waals surface area contributed by atoms with Gasteiger partial charge in [-0.3, -0.25) is 9.10 Å². The first-order valence-electron chi connectivity index (χ1n) is 8.78. The first kappa shape index (κ1) is 21.4. The van der Waals surface area contributed by atoms with Crippen LogP contribution in [0.4, 0.5) is 5.69 Å². The number of amides is 1. The van der Waals surface area contributed by atoms with Crippen molar-refractivity contribution in [2.75, 3.05) is 11.4 Å². The van der Waals surface area contributed by atoms with Crippen molar-refractivity contribution in [2.45, 2.75) is 37.8 Å². The summed E-state index contributed by atoms with van der Waals surface area (Å²) in [6.07, 6.45) is -0.998. The molecule has 0 spiro atoms. The second-order valence-corrected chi connectivity index (χ2v) is 8.52. The Morgan fingerprint density at radius 1 is 1.00 bits per heavy atom. The number of nitrogens with one attached hydrogen (secondary N) is 1. The van der Waals surface area contributed by atoms with E-state index in [0.717, 1.165) is 4.31 Å². The number of benzene rings is 2. The van der Waals surface area contributed by atoms with Crippen LogP contribution in [0.1, 0.15) is 31.1 Å². The van der Waals surface area contributed by atoms with Crippen LogP contribution < -0.4 is 9.62 Å². The average molecular weight is 404 g/mol. The molecular weight excluding hydrogens is 380 g/mol. The molecule has 0 aliphatic heterocycles. The van der Waals surface area contributed by atoms with Crippen LogP contribution in [-0.4, -0.2) is 39.5 Å². The molecule has 2 aromatic carbocycles. The zero-order chi connectivity index (χ0) is 20.9. The number of hydrogen-bond acceptors (Lipinski definition) is 5. The number of esters is 1. The van der Waals surface area contributed by atoms with Crippen molar-refractivity contribution in [3.05, 3.63) is 60.2 Å². The molecular formula is C20H24N2O5S. The lowest BCUT2D eigenvalue weighted by Gasteiger charge is -2.20. The van der Waals surface area contributed by atoms with E-state index in [2.05, 4.69) is 5.32 Å². The Morgan fingerprint density at radius 2 is 1.64 bits per heavy atom. The van der Waals surface area contributed by atoms with Gasteiger partial charge in [-0.05, 0) is 51.1 Å². The number of rotatable bonds is 7. The third-order valence-corrected chi connectivity index (χ3v) is 5.71. The second-order valence-electron chi connectivity index (χ2n) is 6.55. The van der Waals surface area contributed by atoms with Crippen LogP contribution in [0.2, 0.25) is 0 Å². The SMILES string of the molecule is CC(C)NC(=O)C(C)OC(=O)c1cccc(S(=O)(=O)N(C)c2ccccc2)c1. The number of nitrogens with zero attached hydrogens (tertiary/aromatic N) is 1. The highest BCUT2D eigenvalue weighted by molar-refractivity contribution is 7.92. The van der Waals surface area contributed by atoms with E-state index in [9.17, 15) is 18.0 Å². The molecule has 0 saturated heterocycles. The van der Waals surface area contributed by atoms with Crippen LogP contribution in [0.25, 0.3) is 0 Å². The first-order chi connectivity index (χ1) is 13.1. The fraction of sp³-hybridized carbons (Fsp3) is 0.300. The summed E-state index contributed by atoms with van der Waals surface area (Å²) in [4.78, 5) is 24.2. The molecule has 0 heterocycles. The molecule has 1 N–H and O–H groups in total. The highest BCUT2D eigenvalue weighted by atomic mass is 32.2. The fourth-order valence-electron chi connectivity index (χ4n) is 2.40. The molecule has 2 rings (SSSR count). The van der Waals surface area contributed by atoms with Crippen LogP contribution in [0.3, 0.4) is 0 Å². The molecule has 0 aliphatic rings. The molecule has 7 nitrogen and oxygen atoms in total. The molecule has 0 radical (unpaired) electrons. The third kappa shape index (κ3) is 5.10. The Morgan fingerprint density at radius 3 is 2.25 bits per heavy atom. The summed E-state index contributed by atoms with van der Waals surface area (Å²) in [7, 11) is -2.42. The van der Waals surface area contributed by atoms with Crippen molar-refractivity contribution in [2.24, 2.45) is 0 Å². The minimum Gasteiger partial charge on any atom is -0.449 e. The molecule has 28 heavy (non-hydrogen) atoms. The van der Waals surface area contributed by atoms with Gasteiger partial charge in [0.15, 0.2) is 6.10 Å². The Hall–Kier alpha value is -2.87. The number of hydrogen-bond donors (Lipinski definition) is 1. The summed E-state index contributed by atoms with van der Waals surface area (Å²) in [5.74, 6) is -1.19. The molecule has 1 unspecified atom stereocenters. The predicted molar refractivity (Wildman–Crippen MR) is 107 cm³/mol. The van der Waals surface area contributed by atoms with E-state index in [1.807, 2.05) is 0 Å². The fourth-order valence-corrected chi connectivity index (χ4v) is 3.64. The first-order valence-corrected chi connectivity index (χ1v) is 10.2. The van der Waals surface area contributed by atoms with E-state index in [1.165, 1.54) is 38.2 Å². The Balaban J connectivity index is 2.21. The molecule has 0 fully saturated rings. The number of carbonyl (C=O) groups excluding carboxylic acids is 2. The van der Waals surface area contributed by atoms with Gasteiger partial charge in [-0.15, -0.1) is 0 Å². The monoisotopic (exact) mass is 404 g/mol. The van der Waals surface area contributed by atoms with Crippen molar-refractivity contribution >= 4 is 27.6 Å². The Labute approximate surface area is 165 Å². The maximum Gasteiger partial charge on any atom is 0.338 e. The van der Waals surface area contributed by atoms with Gasteiger partial charge in [0.2, 0.25) is 0 Å². The summed E-state index contributed by atoms with van der Waals surface area (Å²) in [5, 5.41) is 2.65. The highest BCUT2D eigenvalue weighted by Gasteiger charge is 2.24. The lowest BCUT2D eigenvalue weighted by Crippen LogP contribution is -2.39. The van der Waals surface area contributed by atoms with Gasteiger partial charge in [0.1, 0.15) is 0 Å². The van der Waals surface area contributed by atoms with Crippen molar-refractivity contribution in [1.29, 1.82) is 0 Å². The maximum absolute atomic E-state index is 12.9. The summed E-state index contributed by atoms with van der Waals surface area (Å²) >= 11 is 0. The summed E-state index contributed by atoms with van der Waals surface area (Å²) < 4.78 is 32.0. The standard InChI is InChI=1S/C20H24N2O5S/c1-14(2)21-19(23)15(3)27-20(24)16-9-8-12-18(13-16)28(25,26)22(4)17-10-6-5-7-11-17/h5-15H,1-4H3,(H,21,23). The zero-order valence-electron chi connectivity index (χ0n) is 16.2. The predicted octanol–water partition coefficient (Wildman–Crippen LogP) is 2.58. The summed E-state index contributed by atoms with van der Waals surface area (Å²) in [6, 6.07) is 14.1. The van der Waals surface area contributed by atoms with E-state index < -0.39 is 28.0 Å². The highest BCUT2D eigenvalue weighted by Crippen LogP contribution is 2.22. The molecule has 0 aromatic heterocycles. The zero-order valence-corrected chi connectivity index (χ0v) is 17.1. The molecule has 1 atom stereocenters. The van der Waals surface area contributed by atoms with Gasteiger partial charge >= 0.3 is 5.97 Å². The number of ether oxygens (including phenoxy) is 1. The largest absolute Gasteiger partial charge is 0.449 e. The van der Waals surface area contributed by atoms with Gasteiger partial charge < -0.3 is 10.1 Å². The molecule has 0 aliphatic carbocycles. The van der Waals surface area contributed by atoms with Crippen molar-refractivity contribution in [3.63, 3.8) is 0 Å². The van der Waals surface area contributed by atoms with E-state index in [4.69, 9.17) is 4.74 Å².